The van der Waals surface area contributed by atoms with Crippen molar-refractivity contribution < 1.29 is 38.9 Å². The second kappa shape index (κ2) is 15.1. The van der Waals surface area contributed by atoms with Gasteiger partial charge >= 0.3 is 24.1 Å². The van der Waals surface area contributed by atoms with Crippen LogP contribution in [0.25, 0.3) is 0 Å². The Morgan fingerprint density at radius 2 is 1.56 bits per heavy atom. The number of carbonyl (C=O) groups is 5. The van der Waals surface area contributed by atoms with Crippen LogP contribution in [0.3, 0.4) is 0 Å². The molecule has 0 radical (unpaired) electrons. The number of primary amides is 1. The Morgan fingerprint density at radius 1 is 1.00 bits per heavy atom. The smallest absolute Gasteiger partial charge is 0.408 e. The molecule has 0 aliphatic rings. The van der Waals surface area contributed by atoms with Gasteiger partial charge in [-0.25, -0.2) is 19.2 Å². The number of carboxylic acid groups (broad SMARTS) is 2. The number of urea groups is 1. The number of hydrogen-bond acceptors (Lipinski definition) is 7. The molecule has 0 saturated heterocycles. The first-order chi connectivity index (χ1) is 16.5. The van der Waals surface area contributed by atoms with Crippen molar-refractivity contribution in [2.45, 2.75) is 65.1 Å². The Hall–Kier alpha value is -4.03. The van der Waals surface area contributed by atoms with E-state index in [9.17, 15) is 29.1 Å². The van der Waals surface area contributed by atoms with Crippen LogP contribution in [0.5, 0.6) is 0 Å². The van der Waals surface area contributed by atoms with Gasteiger partial charge in [-0.1, -0.05) is 13.8 Å². The molecule has 0 heterocycles. The fraction of sp³-hybridized carbons (Fsp3) is 0.522. The lowest BCUT2D eigenvalue weighted by molar-refractivity contribution is -0.142. The number of carboxylic acids is 2. The van der Waals surface area contributed by atoms with E-state index in [4.69, 9.17) is 21.3 Å². The fourth-order valence-electron chi connectivity index (χ4n) is 2.63. The van der Waals surface area contributed by atoms with Crippen molar-refractivity contribution >= 4 is 35.7 Å². The van der Waals surface area contributed by atoms with Crippen LogP contribution in [0.4, 0.5) is 15.3 Å². The van der Waals surface area contributed by atoms with Crippen LogP contribution in [0.15, 0.2) is 24.3 Å². The van der Waals surface area contributed by atoms with Gasteiger partial charge in [0.1, 0.15) is 17.7 Å². The van der Waals surface area contributed by atoms with Gasteiger partial charge in [0.15, 0.2) is 0 Å². The van der Waals surface area contributed by atoms with Gasteiger partial charge in [-0.15, -0.1) is 0 Å². The second-order valence-corrected chi connectivity index (χ2v) is 9.13. The highest BCUT2D eigenvalue weighted by atomic mass is 16.6. The van der Waals surface area contributed by atoms with E-state index in [2.05, 4.69) is 16.0 Å². The van der Waals surface area contributed by atoms with E-state index < -0.39 is 47.7 Å². The molecule has 0 aliphatic heterocycles. The van der Waals surface area contributed by atoms with Crippen LogP contribution in [-0.2, 0) is 14.3 Å². The van der Waals surface area contributed by atoms with Crippen molar-refractivity contribution in [3.63, 3.8) is 0 Å². The fourth-order valence-corrected chi connectivity index (χ4v) is 2.63. The molecule has 0 saturated carbocycles. The Morgan fingerprint density at radius 3 is 1.97 bits per heavy atom. The highest BCUT2D eigenvalue weighted by Crippen LogP contribution is 2.10. The molecule has 1 aromatic rings. The van der Waals surface area contributed by atoms with E-state index in [0.29, 0.717) is 12.1 Å². The molecule has 1 rings (SSSR count). The minimum atomic E-state index is -1.21. The van der Waals surface area contributed by atoms with Crippen LogP contribution < -0.4 is 27.4 Å². The van der Waals surface area contributed by atoms with Crippen molar-refractivity contribution in [3.05, 3.63) is 29.8 Å². The average molecular weight is 512 g/mol. The zero-order valence-electron chi connectivity index (χ0n) is 21.2. The maximum Gasteiger partial charge on any atom is 0.408 e. The molecule has 0 spiro atoms. The Balaban J connectivity index is 0.00000101. The van der Waals surface area contributed by atoms with Crippen LogP contribution in [0, 0.1) is 5.92 Å². The number of hydrogen-bond donors (Lipinski definition) is 7. The van der Waals surface area contributed by atoms with Gasteiger partial charge in [0.2, 0.25) is 5.91 Å². The van der Waals surface area contributed by atoms with Crippen LogP contribution >= 0.6 is 0 Å². The first-order valence-electron chi connectivity index (χ1n) is 11.2. The van der Waals surface area contributed by atoms with Gasteiger partial charge < -0.3 is 42.4 Å². The molecule has 13 heteroatoms. The summed E-state index contributed by atoms with van der Waals surface area (Å²) in [6.07, 6.45) is -0.353. The number of rotatable bonds is 10. The summed E-state index contributed by atoms with van der Waals surface area (Å²) in [6, 6.07) is 3.25. The first-order valence-corrected chi connectivity index (χ1v) is 11.2. The van der Waals surface area contributed by atoms with E-state index >= 15 is 0 Å². The molecule has 4 amide bonds. The summed E-state index contributed by atoms with van der Waals surface area (Å²) < 4.78 is 5.12. The van der Waals surface area contributed by atoms with Gasteiger partial charge in [0, 0.05) is 12.2 Å². The van der Waals surface area contributed by atoms with Gasteiger partial charge in [0.25, 0.3) is 0 Å². The third kappa shape index (κ3) is 14.3. The van der Waals surface area contributed by atoms with E-state index in [1.807, 2.05) is 0 Å². The molecular formula is C23H37N5O8. The van der Waals surface area contributed by atoms with E-state index in [1.54, 1.807) is 46.8 Å². The maximum atomic E-state index is 12.4. The summed E-state index contributed by atoms with van der Waals surface area (Å²) >= 11 is 0. The molecule has 9 N–H and O–H groups in total. The minimum absolute atomic E-state index is 0.0958. The number of carbonyl (C=O) groups excluding carboxylic acids is 3. The number of nitrogen functional groups attached to an aromatic ring is 1. The summed E-state index contributed by atoms with van der Waals surface area (Å²) in [5, 5.41) is 24.9. The molecule has 202 valence electrons. The third-order valence-electron chi connectivity index (χ3n) is 4.36. The number of aromatic carboxylic acids is 1. The van der Waals surface area contributed by atoms with Crippen molar-refractivity contribution in [2.75, 3.05) is 12.3 Å². The van der Waals surface area contributed by atoms with E-state index in [0.717, 1.165) is 0 Å². The van der Waals surface area contributed by atoms with Crippen molar-refractivity contribution in [1.29, 1.82) is 0 Å². The Bertz CT molecular complexity index is 897. The average Bonchev–Trinajstić information content (AvgIpc) is 2.73. The normalized spacial score (nSPS) is 12.3. The lowest BCUT2D eigenvalue weighted by atomic mass is 10.0. The molecule has 2 atom stereocenters. The summed E-state index contributed by atoms with van der Waals surface area (Å²) in [5.74, 6) is -3.05. The van der Waals surface area contributed by atoms with Crippen LogP contribution in [0.1, 0.15) is 57.8 Å². The monoisotopic (exact) mass is 511 g/mol. The number of benzene rings is 1. The molecule has 0 unspecified atom stereocenters. The number of amides is 4. The van der Waals surface area contributed by atoms with Gasteiger partial charge in [-0.2, -0.15) is 0 Å². The predicted octanol–water partition coefficient (Wildman–Crippen LogP) is 1.52. The summed E-state index contributed by atoms with van der Waals surface area (Å²) in [7, 11) is 0. The summed E-state index contributed by atoms with van der Waals surface area (Å²) in [6.45, 7) is 8.70. The number of ether oxygens (including phenoxy) is 1. The van der Waals surface area contributed by atoms with Crippen molar-refractivity contribution in [3.8, 4) is 0 Å². The summed E-state index contributed by atoms with van der Waals surface area (Å²) in [5.41, 5.74) is 10.4. The van der Waals surface area contributed by atoms with Gasteiger partial charge in [0.05, 0.1) is 5.56 Å². The minimum Gasteiger partial charge on any atom is -0.480 e. The third-order valence-corrected chi connectivity index (χ3v) is 4.36. The molecule has 0 aliphatic carbocycles. The quantitative estimate of drug-likeness (QED) is 0.178. The molecular weight excluding hydrogens is 474 g/mol. The second-order valence-electron chi connectivity index (χ2n) is 9.13. The predicted molar refractivity (Wildman–Crippen MR) is 132 cm³/mol. The number of nitrogens with two attached hydrogens (primary N) is 2. The van der Waals surface area contributed by atoms with Crippen molar-refractivity contribution in [1.82, 2.24) is 16.0 Å². The topological polar surface area (TPSA) is 223 Å². The first kappa shape index (κ1) is 32.0. The number of alkyl carbamates (subject to hydrolysis) is 1. The molecule has 0 bridgehead atoms. The molecule has 0 aromatic heterocycles. The van der Waals surface area contributed by atoms with Crippen LogP contribution in [-0.4, -0.2) is 64.4 Å². The SMILES string of the molecule is CC(C)[C@H](NC(=O)OC(C)(C)C)C(=O)N[C@@H](CCCNC(N)=O)C(=O)O.Nc1ccc(C(=O)O)cc1. The Kier molecular flexibility index (Phi) is 13.4. The zero-order chi connectivity index (χ0) is 28.1. The van der Waals surface area contributed by atoms with Crippen LogP contribution in [0.2, 0.25) is 0 Å². The molecule has 0 fully saturated rings. The number of aliphatic carboxylic acids is 1. The lowest BCUT2D eigenvalue weighted by Gasteiger charge is -2.26. The standard InChI is InChI=1S/C16H30N4O6.C7H7NO2/c1-9(2)11(20-15(25)26-16(3,4)5)12(21)19-10(13(22)23)7-6-8-18-14(17)24;8-6-3-1-5(2-4-6)7(9)10/h9-11H,6-8H2,1-5H3,(H,19,21)(H,20,25)(H,22,23)(H3,17,18,24);1-4H,8H2,(H,9,10)/t10-,11-;/m0./s1. The molecule has 1 aromatic carbocycles. The van der Waals surface area contributed by atoms with Gasteiger partial charge in [-0.05, 0) is 63.8 Å². The maximum absolute atomic E-state index is 12.4. The Labute approximate surface area is 209 Å². The van der Waals surface area contributed by atoms with Gasteiger partial charge in [-0.3, -0.25) is 4.79 Å². The highest BCUT2D eigenvalue weighted by molar-refractivity contribution is 5.89. The highest BCUT2D eigenvalue weighted by Gasteiger charge is 2.30. The van der Waals surface area contributed by atoms with E-state index in [-0.39, 0.29) is 24.4 Å². The molecule has 36 heavy (non-hydrogen) atoms. The number of nitrogens with one attached hydrogen (secondary N) is 3. The molecule has 13 nitrogen and oxygen atoms in total. The lowest BCUT2D eigenvalue weighted by Crippen LogP contribution is -2.54. The largest absolute Gasteiger partial charge is 0.480 e. The zero-order valence-corrected chi connectivity index (χ0v) is 21.2. The van der Waals surface area contributed by atoms with Crippen molar-refractivity contribution in [2.24, 2.45) is 11.7 Å². The number of anilines is 1. The van der Waals surface area contributed by atoms with E-state index in [1.165, 1.54) is 12.1 Å². The summed E-state index contributed by atoms with van der Waals surface area (Å²) in [4.78, 5) is 56.5.